The predicted molar refractivity (Wildman–Crippen MR) is 117 cm³/mol. The summed E-state index contributed by atoms with van der Waals surface area (Å²) in [7, 11) is 1.61. The Labute approximate surface area is 187 Å². The number of hydrogen-bond donors (Lipinski definition) is 1. The second-order valence-corrected chi connectivity index (χ2v) is 7.75. The summed E-state index contributed by atoms with van der Waals surface area (Å²) < 4.78 is 22.4. The molecule has 7 nitrogen and oxygen atoms in total. The molecule has 2 aliphatic rings. The lowest BCUT2D eigenvalue weighted by Crippen LogP contribution is -2.34. The van der Waals surface area contributed by atoms with Gasteiger partial charge in [0.05, 0.1) is 25.2 Å². The molecule has 2 aromatic rings. The van der Waals surface area contributed by atoms with Gasteiger partial charge in [-0.2, -0.15) is 0 Å². The zero-order valence-electron chi connectivity index (χ0n) is 18.5. The molecule has 1 aromatic heterocycles. The molecule has 4 rings (SSSR count). The Hall–Kier alpha value is -3.48. The minimum atomic E-state index is -0.590. The molecule has 0 fully saturated rings. The molecular formula is C25H27NO6. The second-order valence-electron chi connectivity index (χ2n) is 7.75. The van der Waals surface area contributed by atoms with E-state index in [-0.39, 0.29) is 19.0 Å². The molecular weight excluding hydrogens is 410 g/mol. The Balaban J connectivity index is 1.61. The number of nitrogens with one attached hydrogen (secondary N) is 1. The van der Waals surface area contributed by atoms with Crippen molar-refractivity contribution in [3.63, 3.8) is 0 Å². The number of ketones is 1. The van der Waals surface area contributed by atoms with Gasteiger partial charge in [0.1, 0.15) is 29.6 Å². The fourth-order valence-corrected chi connectivity index (χ4v) is 4.20. The summed E-state index contributed by atoms with van der Waals surface area (Å²) in [6.45, 7) is 4.06. The smallest absolute Gasteiger partial charge is 0.336 e. The summed E-state index contributed by atoms with van der Waals surface area (Å²) in [4.78, 5) is 25.7. The van der Waals surface area contributed by atoms with Gasteiger partial charge in [0.2, 0.25) is 0 Å². The predicted octanol–water partition coefficient (Wildman–Crippen LogP) is 4.40. The number of allylic oxidation sites excluding steroid dienone is 3. The average molecular weight is 437 g/mol. The summed E-state index contributed by atoms with van der Waals surface area (Å²) in [6.07, 6.45) is 2.01. The maximum absolute atomic E-state index is 12.9. The molecule has 168 valence electrons. The summed E-state index contributed by atoms with van der Waals surface area (Å²) in [5.41, 5.74) is 2.57. The Morgan fingerprint density at radius 3 is 2.59 bits per heavy atom. The van der Waals surface area contributed by atoms with Gasteiger partial charge in [0, 0.05) is 23.4 Å². The van der Waals surface area contributed by atoms with Gasteiger partial charge < -0.3 is 23.9 Å². The SMILES string of the molecule is CCOC(=O)C1=C(C)NC2=C(C(=O)CCC2)[C@H]1c1ccc(COc2ccc(OC)cc2)o1. The lowest BCUT2D eigenvalue weighted by atomic mass is 9.77. The van der Waals surface area contributed by atoms with Crippen molar-refractivity contribution in [2.75, 3.05) is 13.7 Å². The first-order valence-electron chi connectivity index (χ1n) is 10.8. The molecule has 0 spiro atoms. The first-order chi connectivity index (χ1) is 15.5. The van der Waals surface area contributed by atoms with Crippen LogP contribution in [0.15, 0.2) is 63.4 Å². The lowest BCUT2D eigenvalue weighted by molar-refractivity contribution is -0.138. The zero-order chi connectivity index (χ0) is 22.7. The zero-order valence-corrected chi connectivity index (χ0v) is 18.5. The standard InChI is InChI=1S/C25H27NO6/c1-4-30-25(28)22-15(2)26-19-6-5-7-20(27)23(19)24(22)21-13-12-18(32-21)14-31-17-10-8-16(29-3)9-11-17/h8-13,24,26H,4-7,14H2,1-3H3/t24-/m0/s1. The maximum atomic E-state index is 12.9. The molecule has 1 aliphatic carbocycles. The molecule has 0 amide bonds. The highest BCUT2D eigenvalue weighted by Crippen LogP contribution is 2.43. The monoisotopic (exact) mass is 437 g/mol. The fourth-order valence-electron chi connectivity index (χ4n) is 4.20. The molecule has 1 N–H and O–H groups in total. The molecule has 7 heteroatoms. The van der Waals surface area contributed by atoms with Gasteiger partial charge in [-0.15, -0.1) is 0 Å². The highest BCUT2D eigenvalue weighted by Gasteiger charge is 2.40. The van der Waals surface area contributed by atoms with E-state index in [9.17, 15) is 9.59 Å². The summed E-state index contributed by atoms with van der Waals surface area (Å²) in [6, 6.07) is 10.9. The van der Waals surface area contributed by atoms with Crippen LogP contribution in [0.2, 0.25) is 0 Å². The third-order valence-electron chi connectivity index (χ3n) is 5.68. The highest BCUT2D eigenvalue weighted by atomic mass is 16.5. The van der Waals surface area contributed by atoms with Crippen LogP contribution in [0.4, 0.5) is 0 Å². The Kier molecular flexibility index (Phi) is 6.35. The van der Waals surface area contributed by atoms with Crippen molar-refractivity contribution in [1.82, 2.24) is 5.32 Å². The number of rotatable bonds is 7. The van der Waals surface area contributed by atoms with Crippen LogP contribution in [-0.4, -0.2) is 25.5 Å². The molecule has 0 unspecified atom stereocenters. The number of carbonyl (C=O) groups is 2. The van der Waals surface area contributed by atoms with Gasteiger partial charge in [-0.25, -0.2) is 4.79 Å². The largest absolute Gasteiger partial charge is 0.497 e. The first-order valence-corrected chi connectivity index (χ1v) is 10.8. The van der Waals surface area contributed by atoms with E-state index >= 15 is 0 Å². The third-order valence-corrected chi connectivity index (χ3v) is 5.68. The van der Waals surface area contributed by atoms with Crippen molar-refractivity contribution in [2.45, 2.75) is 45.6 Å². The summed E-state index contributed by atoms with van der Waals surface area (Å²) in [5, 5.41) is 3.26. The van der Waals surface area contributed by atoms with E-state index in [2.05, 4.69) is 5.32 Å². The van der Waals surface area contributed by atoms with E-state index in [1.54, 1.807) is 14.0 Å². The van der Waals surface area contributed by atoms with Crippen LogP contribution >= 0.6 is 0 Å². The quantitative estimate of drug-likeness (QED) is 0.643. The van der Waals surface area contributed by atoms with E-state index in [1.165, 1.54) is 0 Å². The van der Waals surface area contributed by atoms with Crippen molar-refractivity contribution < 1.29 is 28.2 Å². The van der Waals surface area contributed by atoms with E-state index in [1.807, 2.05) is 43.3 Å². The van der Waals surface area contributed by atoms with Crippen molar-refractivity contribution in [3.05, 3.63) is 70.5 Å². The molecule has 1 aromatic carbocycles. The van der Waals surface area contributed by atoms with Crippen molar-refractivity contribution in [1.29, 1.82) is 0 Å². The highest BCUT2D eigenvalue weighted by molar-refractivity contribution is 6.03. The van der Waals surface area contributed by atoms with Gasteiger partial charge in [-0.05, 0) is 63.1 Å². The van der Waals surface area contributed by atoms with Gasteiger partial charge in [-0.3, -0.25) is 4.79 Å². The van der Waals surface area contributed by atoms with E-state index < -0.39 is 11.9 Å². The van der Waals surface area contributed by atoms with Crippen LogP contribution in [-0.2, 0) is 20.9 Å². The van der Waals surface area contributed by atoms with Crippen LogP contribution in [0.25, 0.3) is 0 Å². The normalized spacial score (nSPS) is 18.2. The summed E-state index contributed by atoms with van der Waals surface area (Å²) >= 11 is 0. The fraction of sp³-hybridized carbons (Fsp3) is 0.360. The minimum Gasteiger partial charge on any atom is -0.497 e. The molecule has 0 bridgehead atoms. The van der Waals surface area contributed by atoms with Crippen molar-refractivity contribution in [2.24, 2.45) is 0 Å². The minimum absolute atomic E-state index is 0.0329. The number of hydrogen-bond acceptors (Lipinski definition) is 7. The van der Waals surface area contributed by atoms with Gasteiger partial charge in [0.25, 0.3) is 0 Å². The van der Waals surface area contributed by atoms with Crippen LogP contribution in [0.3, 0.4) is 0 Å². The van der Waals surface area contributed by atoms with Crippen LogP contribution < -0.4 is 14.8 Å². The Bertz CT molecular complexity index is 1080. The number of benzene rings is 1. The van der Waals surface area contributed by atoms with Crippen LogP contribution in [0.1, 0.15) is 50.5 Å². The molecule has 2 heterocycles. The molecule has 1 atom stereocenters. The van der Waals surface area contributed by atoms with E-state index in [4.69, 9.17) is 18.6 Å². The van der Waals surface area contributed by atoms with Crippen LogP contribution in [0.5, 0.6) is 11.5 Å². The lowest BCUT2D eigenvalue weighted by Gasteiger charge is -2.32. The number of ether oxygens (including phenoxy) is 3. The van der Waals surface area contributed by atoms with E-state index in [0.717, 1.165) is 24.3 Å². The molecule has 1 aliphatic heterocycles. The molecule has 0 radical (unpaired) electrons. The number of esters is 1. The van der Waals surface area contributed by atoms with Gasteiger partial charge in [0.15, 0.2) is 5.78 Å². The van der Waals surface area contributed by atoms with Crippen LogP contribution in [0, 0.1) is 0 Å². The summed E-state index contributed by atoms with van der Waals surface area (Å²) in [5.74, 6) is 1.56. The Morgan fingerprint density at radius 1 is 1.12 bits per heavy atom. The topological polar surface area (TPSA) is 87.0 Å². The van der Waals surface area contributed by atoms with Gasteiger partial charge in [-0.1, -0.05) is 0 Å². The number of furan rings is 1. The second kappa shape index (κ2) is 9.34. The van der Waals surface area contributed by atoms with Crippen molar-refractivity contribution in [3.8, 4) is 11.5 Å². The Morgan fingerprint density at radius 2 is 1.88 bits per heavy atom. The number of Topliss-reactive ketones (excluding diaryl/α,β-unsaturated/α-hetero) is 1. The molecule has 0 saturated carbocycles. The average Bonchev–Trinajstić information content (AvgIpc) is 3.26. The number of methoxy groups -OCH3 is 1. The molecule has 0 saturated heterocycles. The van der Waals surface area contributed by atoms with Gasteiger partial charge >= 0.3 is 5.97 Å². The maximum Gasteiger partial charge on any atom is 0.336 e. The first kappa shape index (κ1) is 21.7. The molecule has 32 heavy (non-hydrogen) atoms. The number of carbonyl (C=O) groups excluding carboxylic acids is 2. The third kappa shape index (κ3) is 4.28. The van der Waals surface area contributed by atoms with Crippen molar-refractivity contribution >= 4 is 11.8 Å². The number of dihydropyridines is 1. The van der Waals surface area contributed by atoms with E-state index in [0.29, 0.717) is 40.5 Å².